The van der Waals surface area contributed by atoms with Crippen LogP contribution in [0.25, 0.3) is 0 Å². The summed E-state index contributed by atoms with van der Waals surface area (Å²) in [4.78, 5) is 42.1. The maximum absolute atomic E-state index is 12.9. The van der Waals surface area contributed by atoms with Crippen LogP contribution in [0.2, 0.25) is 0 Å². The highest BCUT2D eigenvalue weighted by molar-refractivity contribution is 7.97. The molecule has 3 aromatic carbocycles. The van der Waals surface area contributed by atoms with E-state index in [0.29, 0.717) is 50.2 Å². The number of halogens is 3. The molecule has 16 heteroatoms. The standard InChI is InChI=1S/C26H29O3S.C14H19F3O5S.C12H25NO2/c1-4-26(2,3)25(27)29-20-19-28-21-15-17-24(18-16-21)30(22-11-7-5-8-12-22)23-13-9-6-10-14-23;15-14(16,17)11(7-23(19,20)21)22-12(18)13-4-8-1-9(5-13)3-10(2-8)6-13;1-6-12(4,5)11(14)15-10-9-13(7-2)8-3/h5-18H,4,19-20H2,1-3H3;8-11H,1-7H2,(H,19,20,21);6-10H2,1-5H3/q+1;;/p-1. The molecule has 0 aromatic heterocycles. The van der Waals surface area contributed by atoms with E-state index in [0.717, 1.165) is 57.5 Å². The number of benzene rings is 3. The van der Waals surface area contributed by atoms with Gasteiger partial charge in [0, 0.05) is 6.54 Å². The zero-order valence-electron chi connectivity index (χ0n) is 41.0. The second-order valence-electron chi connectivity index (χ2n) is 19.4. The Morgan fingerprint density at radius 2 is 1.12 bits per heavy atom. The lowest BCUT2D eigenvalue weighted by atomic mass is 9.49. The van der Waals surface area contributed by atoms with Crippen molar-refractivity contribution in [2.45, 2.75) is 134 Å². The highest BCUT2D eigenvalue weighted by atomic mass is 32.2. The van der Waals surface area contributed by atoms with E-state index in [9.17, 15) is 40.5 Å². The van der Waals surface area contributed by atoms with Crippen LogP contribution in [0.5, 0.6) is 5.75 Å². The number of nitrogens with zero attached hydrogens (tertiary/aromatic N) is 1. The Labute approximate surface area is 405 Å². The fraction of sp³-hybridized carbons (Fsp3) is 0.596. The lowest BCUT2D eigenvalue weighted by molar-refractivity contribution is -0.226. The number of esters is 3. The molecule has 0 heterocycles. The van der Waals surface area contributed by atoms with Gasteiger partial charge in [-0.25, -0.2) is 8.42 Å². The molecule has 378 valence electrons. The normalized spacial score (nSPS) is 20.4. The molecule has 3 aromatic rings. The Balaban J connectivity index is 0.000000236. The van der Waals surface area contributed by atoms with Crippen LogP contribution in [0.4, 0.5) is 13.2 Å². The van der Waals surface area contributed by atoms with Crippen molar-refractivity contribution < 1.29 is 59.5 Å². The van der Waals surface area contributed by atoms with Crippen LogP contribution in [0.15, 0.2) is 99.6 Å². The van der Waals surface area contributed by atoms with Crippen LogP contribution in [0.1, 0.15) is 107 Å². The molecule has 0 spiro atoms. The van der Waals surface area contributed by atoms with E-state index in [4.69, 9.17) is 14.2 Å². The molecule has 0 saturated heterocycles. The minimum absolute atomic E-state index is 0.0860. The SMILES string of the molecule is CCC(C)(C)C(=O)OCCOc1ccc([S+](c2ccccc2)c2ccccc2)cc1.CCN(CC)CCOC(=O)C(C)(C)CC.O=C(OC(CS(=O)(=O)[O-])C(F)(F)F)C12CC3CC(CC(C3)C1)C2. The Morgan fingerprint density at radius 1 is 0.691 bits per heavy atom. The average Bonchev–Trinajstić information content (AvgIpc) is 3.29. The molecule has 1 unspecified atom stereocenters. The zero-order chi connectivity index (χ0) is 50.3. The summed E-state index contributed by atoms with van der Waals surface area (Å²) in [5.41, 5.74) is -1.72. The Bertz CT molecular complexity index is 2070. The Morgan fingerprint density at radius 3 is 1.51 bits per heavy atom. The van der Waals surface area contributed by atoms with Gasteiger partial charge >= 0.3 is 24.1 Å². The van der Waals surface area contributed by atoms with E-state index in [1.165, 1.54) is 14.7 Å². The van der Waals surface area contributed by atoms with Gasteiger partial charge in [0.2, 0.25) is 6.10 Å². The summed E-state index contributed by atoms with van der Waals surface area (Å²) in [6.07, 6.45) is -1.86. The van der Waals surface area contributed by atoms with E-state index >= 15 is 0 Å². The molecule has 4 saturated carbocycles. The molecule has 4 fully saturated rings. The first-order chi connectivity index (χ1) is 32.0. The number of carbonyl (C=O) groups excluding carboxylic acids is 3. The lowest BCUT2D eigenvalue weighted by Gasteiger charge is -2.55. The van der Waals surface area contributed by atoms with Gasteiger partial charge in [0.1, 0.15) is 25.6 Å². The number of carbonyl (C=O) groups is 3. The molecule has 4 aliphatic rings. The number of likely N-dealkylation sites (N-methyl/N-ethyl adjacent to an activating group) is 1. The van der Waals surface area contributed by atoms with E-state index in [-0.39, 0.29) is 34.9 Å². The van der Waals surface area contributed by atoms with E-state index < -0.39 is 45.0 Å². The van der Waals surface area contributed by atoms with Crippen molar-refractivity contribution in [1.82, 2.24) is 4.90 Å². The summed E-state index contributed by atoms with van der Waals surface area (Å²) in [5.74, 6) is -1.24. The molecule has 0 aliphatic heterocycles. The summed E-state index contributed by atoms with van der Waals surface area (Å²) >= 11 is 0. The first-order valence-corrected chi connectivity index (χ1v) is 26.6. The maximum atomic E-state index is 12.9. The molecule has 0 radical (unpaired) electrons. The van der Waals surface area contributed by atoms with Gasteiger partial charge in [-0.3, -0.25) is 14.4 Å². The van der Waals surface area contributed by atoms with Gasteiger partial charge in [-0.05, 0) is 158 Å². The minimum atomic E-state index is -5.16. The molecule has 68 heavy (non-hydrogen) atoms. The highest BCUT2D eigenvalue weighted by Gasteiger charge is 2.57. The van der Waals surface area contributed by atoms with E-state index in [1.54, 1.807) is 0 Å². The first kappa shape index (κ1) is 56.5. The summed E-state index contributed by atoms with van der Waals surface area (Å²) in [6, 6.07) is 29.3. The molecule has 4 aliphatic carbocycles. The molecule has 0 amide bonds. The highest BCUT2D eigenvalue weighted by Crippen LogP contribution is 2.60. The molecule has 0 N–H and O–H groups in total. The van der Waals surface area contributed by atoms with Gasteiger partial charge in [0.05, 0.1) is 43.0 Å². The number of alkyl halides is 3. The van der Waals surface area contributed by atoms with Gasteiger partial charge < -0.3 is 28.4 Å². The number of hydrogen-bond donors (Lipinski definition) is 0. The molecular weight excluding hydrogens is 920 g/mol. The largest absolute Gasteiger partial charge is 0.748 e. The van der Waals surface area contributed by atoms with Crippen molar-refractivity contribution in [3.05, 3.63) is 84.9 Å². The summed E-state index contributed by atoms with van der Waals surface area (Å²) in [6.45, 7) is 19.8. The van der Waals surface area contributed by atoms with Crippen LogP contribution in [0.3, 0.4) is 0 Å². The van der Waals surface area contributed by atoms with E-state index in [1.807, 2.05) is 65.8 Å². The van der Waals surface area contributed by atoms with Crippen molar-refractivity contribution in [2.75, 3.05) is 45.2 Å². The smallest absolute Gasteiger partial charge is 0.426 e. The summed E-state index contributed by atoms with van der Waals surface area (Å²) in [7, 11) is -5.33. The topological polar surface area (TPSA) is 149 Å². The van der Waals surface area contributed by atoms with Gasteiger partial charge in [-0.1, -0.05) is 64.1 Å². The van der Waals surface area contributed by atoms with Crippen molar-refractivity contribution in [3.8, 4) is 5.75 Å². The second kappa shape index (κ2) is 25.1. The van der Waals surface area contributed by atoms with Gasteiger partial charge in [-0.15, -0.1) is 0 Å². The molecule has 7 rings (SSSR count). The zero-order valence-corrected chi connectivity index (χ0v) is 42.6. The quantitative estimate of drug-likeness (QED) is 0.0350. The predicted molar refractivity (Wildman–Crippen MR) is 256 cm³/mol. The fourth-order valence-electron chi connectivity index (χ4n) is 8.97. The number of rotatable bonds is 20. The second-order valence-corrected chi connectivity index (χ2v) is 22.9. The fourth-order valence-corrected chi connectivity index (χ4v) is 11.7. The van der Waals surface area contributed by atoms with Crippen molar-refractivity contribution in [1.29, 1.82) is 0 Å². The molecule has 4 bridgehead atoms. The lowest BCUT2D eigenvalue weighted by Crippen LogP contribution is -2.52. The van der Waals surface area contributed by atoms with Crippen molar-refractivity contribution >= 4 is 38.9 Å². The Kier molecular flexibility index (Phi) is 20.9. The summed E-state index contributed by atoms with van der Waals surface area (Å²) < 4.78 is 91.6. The minimum Gasteiger partial charge on any atom is -0.748 e. The molecule has 11 nitrogen and oxygen atoms in total. The summed E-state index contributed by atoms with van der Waals surface area (Å²) in [5, 5.41) is 0. The van der Waals surface area contributed by atoms with Gasteiger partial charge in [-0.2, -0.15) is 13.2 Å². The third-order valence-corrected chi connectivity index (χ3v) is 16.4. The van der Waals surface area contributed by atoms with Crippen molar-refractivity contribution in [3.63, 3.8) is 0 Å². The maximum Gasteiger partial charge on any atom is 0.426 e. The third-order valence-electron chi connectivity index (χ3n) is 13.5. The van der Waals surface area contributed by atoms with Crippen molar-refractivity contribution in [2.24, 2.45) is 34.0 Å². The first-order valence-electron chi connectivity index (χ1n) is 23.8. The Hall–Kier alpha value is -4.12. The van der Waals surface area contributed by atoms with Gasteiger partial charge in [0.25, 0.3) is 0 Å². The van der Waals surface area contributed by atoms with Crippen LogP contribution in [-0.4, -0.2) is 93.3 Å². The van der Waals surface area contributed by atoms with Crippen LogP contribution < -0.4 is 4.74 Å². The molecular formula is C52H72F3NO10S2. The third kappa shape index (κ3) is 16.8. The molecule has 1 atom stereocenters. The van der Waals surface area contributed by atoms with Gasteiger partial charge in [0.15, 0.2) is 14.7 Å². The number of hydrogen-bond acceptors (Lipinski definition) is 11. The number of ether oxygens (including phenoxy) is 4. The average molecular weight is 992 g/mol. The van der Waals surface area contributed by atoms with Crippen LogP contribution >= 0.6 is 0 Å². The van der Waals surface area contributed by atoms with Crippen LogP contribution in [-0.2, 0) is 49.6 Å². The monoisotopic (exact) mass is 991 g/mol. The van der Waals surface area contributed by atoms with Crippen LogP contribution in [0, 0.1) is 34.0 Å². The predicted octanol–water partition coefficient (Wildman–Crippen LogP) is 10.7. The van der Waals surface area contributed by atoms with E-state index in [2.05, 4.69) is 84.1 Å².